The van der Waals surface area contributed by atoms with Crippen LogP contribution in [0.1, 0.15) is 63.3 Å². The van der Waals surface area contributed by atoms with Crippen LogP contribution in [0.4, 0.5) is 11.8 Å². The number of fused-ring (bicyclic) bond motifs is 1. The molecule has 2 aliphatic rings. The fraction of sp³-hybridized carbons (Fsp3) is 0.583. The predicted molar refractivity (Wildman–Crippen MR) is 120 cm³/mol. The molecule has 0 radical (unpaired) electrons. The van der Waals surface area contributed by atoms with E-state index in [0.29, 0.717) is 11.9 Å². The van der Waals surface area contributed by atoms with E-state index in [4.69, 9.17) is 15.7 Å². The van der Waals surface area contributed by atoms with Gasteiger partial charge in [-0.05, 0) is 35.7 Å². The van der Waals surface area contributed by atoms with Gasteiger partial charge in [0, 0.05) is 37.7 Å². The highest BCUT2D eigenvalue weighted by Crippen LogP contribution is 2.40. The molecule has 1 aromatic heterocycles. The van der Waals surface area contributed by atoms with Crippen LogP contribution in [0.25, 0.3) is 0 Å². The molecule has 5 heteroatoms. The van der Waals surface area contributed by atoms with Crippen molar-refractivity contribution < 1.29 is 0 Å². The van der Waals surface area contributed by atoms with Crippen LogP contribution in [0, 0.1) is 10.8 Å². The van der Waals surface area contributed by atoms with Gasteiger partial charge in [0.2, 0.25) is 5.95 Å². The van der Waals surface area contributed by atoms with Gasteiger partial charge >= 0.3 is 0 Å². The topological polar surface area (TPSA) is 67.1 Å². The van der Waals surface area contributed by atoms with Crippen LogP contribution in [0.5, 0.6) is 0 Å². The lowest BCUT2D eigenvalue weighted by Crippen LogP contribution is -2.51. The summed E-state index contributed by atoms with van der Waals surface area (Å²) in [5.74, 6) is 1.77. The number of nitrogen functional groups attached to an aromatic ring is 1. The molecule has 1 aliphatic heterocycles. The van der Waals surface area contributed by atoms with Crippen molar-refractivity contribution in [2.45, 2.75) is 52.9 Å². The number of hydrogen-bond donors (Lipinski definition) is 2. The van der Waals surface area contributed by atoms with Crippen LogP contribution in [-0.2, 0) is 6.42 Å². The van der Waals surface area contributed by atoms with E-state index < -0.39 is 0 Å². The van der Waals surface area contributed by atoms with E-state index in [1.165, 1.54) is 11.1 Å². The Balaban J connectivity index is 1.79. The van der Waals surface area contributed by atoms with Crippen molar-refractivity contribution in [3.63, 3.8) is 0 Å². The number of benzene rings is 1. The Labute approximate surface area is 175 Å². The summed E-state index contributed by atoms with van der Waals surface area (Å²) in [6.07, 6.45) is 3.31. The predicted octanol–water partition coefficient (Wildman–Crippen LogP) is 3.99. The van der Waals surface area contributed by atoms with Crippen molar-refractivity contribution in [2.75, 3.05) is 36.8 Å². The van der Waals surface area contributed by atoms with Gasteiger partial charge in [-0.25, -0.2) is 4.98 Å². The maximum atomic E-state index is 6.27. The zero-order valence-electron chi connectivity index (χ0n) is 18.3. The van der Waals surface area contributed by atoms with E-state index in [1.54, 1.807) is 0 Å². The third-order valence-corrected chi connectivity index (χ3v) is 6.23. The van der Waals surface area contributed by atoms with Crippen LogP contribution in [0.2, 0.25) is 0 Å². The first kappa shape index (κ1) is 20.1. The summed E-state index contributed by atoms with van der Waals surface area (Å²) in [5.41, 5.74) is 10.4. The molecule has 1 unspecified atom stereocenters. The quantitative estimate of drug-likeness (QED) is 0.807. The summed E-state index contributed by atoms with van der Waals surface area (Å²) in [4.78, 5) is 12.1. The van der Waals surface area contributed by atoms with Crippen LogP contribution in [0.15, 0.2) is 30.3 Å². The summed E-state index contributed by atoms with van der Waals surface area (Å²) < 4.78 is 0. The molecule has 2 aromatic rings. The van der Waals surface area contributed by atoms with Crippen molar-refractivity contribution >= 4 is 11.8 Å². The van der Waals surface area contributed by atoms with Gasteiger partial charge in [-0.2, -0.15) is 4.98 Å². The Morgan fingerprint density at radius 1 is 1.00 bits per heavy atom. The Kier molecular flexibility index (Phi) is 5.28. The summed E-state index contributed by atoms with van der Waals surface area (Å²) in [5, 5.41) is 3.66. The molecule has 0 bridgehead atoms. The van der Waals surface area contributed by atoms with Gasteiger partial charge in [0.05, 0.1) is 5.69 Å². The van der Waals surface area contributed by atoms with Gasteiger partial charge in [0.25, 0.3) is 0 Å². The van der Waals surface area contributed by atoms with Gasteiger partial charge in [-0.1, -0.05) is 58.0 Å². The van der Waals surface area contributed by atoms with Gasteiger partial charge in [-0.3, -0.25) is 0 Å². The highest BCUT2D eigenvalue weighted by atomic mass is 15.2. The van der Waals surface area contributed by atoms with Gasteiger partial charge in [-0.15, -0.1) is 0 Å². The highest BCUT2D eigenvalue weighted by molar-refractivity contribution is 5.55. The van der Waals surface area contributed by atoms with Crippen LogP contribution >= 0.6 is 0 Å². The van der Waals surface area contributed by atoms with Crippen LogP contribution in [-0.4, -0.2) is 36.1 Å². The van der Waals surface area contributed by atoms with E-state index in [-0.39, 0.29) is 10.8 Å². The average molecular weight is 394 g/mol. The Morgan fingerprint density at radius 3 is 2.31 bits per heavy atom. The second-order valence-corrected chi connectivity index (χ2v) is 10.4. The zero-order valence-corrected chi connectivity index (χ0v) is 18.3. The average Bonchev–Trinajstić information content (AvgIpc) is 2.65. The molecule has 5 nitrogen and oxygen atoms in total. The Hall–Kier alpha value is -2.14. The molecule has 1 aromatic carbocycles. The first-order valence-electron chi connectivity index (χ1n) is 10.9. The lowest BCUT2D eigenvalue weighted by molar-refractivity contribution is 0.249. The van der Waals surface area contributed by atoms with Crippen molar-refractivity contribution in [3.8, 4) is 0 Å². The van der Waals surface area contributed by atoms with E-state index in [9.17, 15) is 0 Å². The molecule has 3 N–H and O–H groups in total. The first-order chi connectivity index (χ1) is 13.7. The SMILES string of the molecule is CC1(C)CNCC(C)(C)CN(c2nc(N)nc3c2CCCC3c2ccccc2)C1. The summed E-state index contributed by atoms with van der Waals surface area (Å²) in [6.45, 7) is 13.2. The van der Waals surface area contributed by atoms with Crippen LogP contribution in [0.3, 0.4) is 0 Å². The molecule has 1 aliphatic carbocycles. The number of nitrogens with zero attached hydrogens (tertiary/aromatic N) is 3. The molecule has 0 spiro atoms. The fourth-order valence-electron chi connectivity index (χ4n) is 5.02. The zero-order chi connectivity index (χ0) is 20.6. The lowest BCUT2D eigenvalue weighted by atomic mass is 9.81. The number of aromatic nitrogens is 2. The molecule has 29 heavy (non-hydrogen) atoms. The van der Waals surface area contributed by atoms with Crippen molar-refractivity contribution in [2.24, 2.45) is 10.8 Å². The second kappa shape index (κ2) is 7.60. The summed E-state index contributed by atoms with van der Waals surface area (Å²) in [7, 11) is 0. The third-order valence-electron chi connectivity index (χ3n) is 6.23. The molecule has 0 saturated carbocycles. The Bertz CT molecular complexity index is 841. The minimum absolute atomic E-state index is 0.163. The number of nitrogens with two attached hydrogens (primary N) is 1. The number of anilines is 2. The largest absolute Gasteiger partial charge is 0.368 e. The molecule has 4 rings (SSSR count). The van der Waals surface area contributed by atoms with Gasteiger partial charge in [0.1, 0.15) is 5.82 Å². The molecule has 1 fully saturated rings. The first-order valence-corrected chi connectivity index (χ1v) is 10.9. The molecular formula is C24H35N5. The number of nitrogens with one attached hydrogen (secondary N) is 1. The van der Waals surface area contributed by atoms with E-state index in [1.807, 2.05) is 0 Å². The Morgan fingerprint density at radius 2 is 1.66 bits per heavy atom. The fourth-order valence-corrected chi connectivity index (χ4v) is 5.02. The van der Waals surface area contributed by atoms with Crippen LogP contribution < -0.4 is 16.0 Å². The van der Waals surface area contributed by atoms with E-state index >= 15 is 0 Å². The van der Waals surface area contributed by atoms with Crippen molar-refractivity contribution in [3.05, 3.63) is 47.2 Å². The molecular weight excluding hydrogens is 358 g/mol. The smallest absolute Gasteiger partial charge is 0.222 e. The van der Waals surface area contributed by atoms with Crippen molar-refractivity contribution in [1.82, 2.24) is 15.3 Å². The summed E-state index contributed by atoms with van der Waals surface area (Å²) in [6, 6.07) is 10.7. The lowest BCUT2D eigenvalue weighted by Gasteiger charge is -2.43. The monoisotopic (exact) mass is 393 g/mol. The van der Waals surface area contributed by atoms with E-state index in [2.05, 4.69) is 68.2 Å². The second-order valence-electron chi connectivity index (χ2n) is 10.4. The number of hydrogen-bond acceptors (Lipinski definition) is 5. The molecule has 1 saturated heterocycles. The molecule has 0 amide bonds. The standard InChI is InChI=1S/C24H35N5/c1-23(2)13-26-14-24(3,4)16-29(15-23)21-19-12-8-11-18(17-9-6-5-7-10-17)20(19)27-22(25)28-21/h5-7,9-10,18,26H,8,11-16H2,1-4H3,(H2,25,27,28). The highest BCUT2D eigenvalue weighted by Gasteiger charge is 2.34. The molecule has 2 heterocycles. The minimum Gasteiger partial charge on any atom is -0.368 e. The van der Waals surface area contributed by atoms with Gasteiger partial charge < -0.3 is 16.0 Å². The maximum Gasteiger partial charge on any atom is 0.222 e. The maximum absolute atomic E-state index is 6.27. The number of rotatable bonds is 2. The summed E-state index contributed by atoms with van der Waals surface area (Å²) >= 11 is 0. The molecule has 1 atom stereocenters. The molecule has 156 valence electrons. The third kappa shape index (κ3) is 4.40. The minimum atomic E-state index is 0.163. The normalized spacial score (nSPS) is 23.7. The van der Waals surface area contributed by atoms with Crippen molar-refractivity contribution in [1.29, 1.82) is 0 Å². The van der Waals surface area contributed by atoms with Gasteiger partial charge in [0.15, 0.2) is 0 Å². The van der Waals surface area contributed by atoms with E-state index in [0.717, 1.165) is 57.0 Å².